The fraction of sp³-hybridized carbons (Fsp3) is 0.824. The summed E-state index contributed by atoms with van der Waals surface area (Å²) < 4.78 is 8.25. The normalized spacial score (nSPS) is 25.2. The highest BCUT2D eigenvalue weighted by atomic mass is 16.5. The maximum Gasteiger partial charge on any atom is 0.0681 e. The molecule has 0 aliphatic carbocycles. The van der Waals surface area contributed by atoms with Gasteiger partial charge in [0.05, 0.1) is 16.9 Å². The van der Waals surface area contributed by atoms with Gasteiger partial charge in [0.15, 0.2) is 0 Å². The van der Waals surface area contributed by atoms with Gasteiger partial charge in [-0.2, -0.15) is 5.10 Å². The molecule has 2 unspecified atom stereocenters. The summed E-state index contributed by atoms with van der Waals surface area (Å²) in [6.07, 6.45) is 4.21. The summed E-state index contributed by atoms with van der Waals surface area (Å²) in [6.45, 7) is 14.1. The van der Waals surface area contributed by atoms with E-state index in [2.05, 4.69) is 58.2 Å². The Hall–Kier alpha value is -0.870. The van der Waals surface area contributed by atoms with Crippen LogP contribution in [0.1, 0.15) is 65.3 Å². The van der Waals surface area contributed by atoms with Crippen LogP contribution in [0, 0.1) is 5.92 Å². The monoisotopic (exact) mass is 293 g/mol. The predicted molar refractivity (Wildman–Crippen MR) is 86.4 cm³/mol. The standard InChI is InChI=1S/C17H31N3O/c1-8-14-12(11-20(7)19-14)15(18-9-2)13-10-16(3,4)21-17(13,5)6/h11,13,15,18H,8-10H2,1-7H3. The van der Waals surface area contributed by atoms with Crippen molar-refractivity contribution in [1.29, 1.82) is 0 Å². The van der Waals surface area contributed by atoms with Gasteiger partial charge in [-0.3, -0.25) is 4.68 Å². The third-order valence-corrected chi connectivity index (χ3v) is 4.58. The van der Waals surface area contributed by atoms with E-state index in [0.717, 1.165) is 19.4 Å². The molecule has 1 aromatic rings. The van der Waals surface area contributed by atoms with Crippen molar-refractivity contribution in [1.82, 2.24) is 15.1 Å². The van der Waals surface area contributed by atoms with E-state index < -0.39 is 0 Å². The molecule has 21 heavy (non-hydrogen) atoms. The van der Waals surface area contributed by atoms with Crippen molar-refractivity contribution in [2.75, 3.05) is 6.54 Å². The highest BCUT2D eigenvalue weighted by Gasteiger charge is 2.49. The second-order valence-electron chi connectivity index (χ2n) is 7.37. The summed E-state index contributed by atoms with van der Waals surface area (Å²) >= 11 is 0. The Kier molecular flexibility index (Phi) is 4.50. The second kappa shape index (κ2) is 5.73. The summed E-state index contributed by atoms with van der Waals surface area (Å²) in [7, 11) is 2.01. The first-order chi connectivity index (χ1) is 9.70. The smallest absolute Gasteiger partial charge is 0.0681 e. The van der Waals surface area contributed by atoms with Gasteiger partial charge in [-0.25, -0.2) is 0 Å². The molecular formula is C17H31N3O. The van der Waals surface area contributed by atoms with Crippen molar-refractivity contribution in [3.63, 3.8) is 0 Å². The van der Waals surface area contributed by atoms with Crippen LogP contribution in [-0.4, -0.2) is 27.5 Å². The van der Waals surface area contributed by atoms with Crippen LogP contribution in [0.3, 0.4) is 0 Å². The summed E-state index contributed by atoms with van der Waals surface area (Å²) in [6, 6.07) is 0.301. The molecule has 0 saturated carbocycles. The van der Waals surface area contributed by atoms with Crippen molar-refractivity contribution >= 4 is 0 Å². The predicted octanol–water partition coefficient (Wildman–Crippen LogP) is 3.23. The number of rotatable bonds is 5. The first-order valence-corrected chi connectivity index (χ1v) is 8.16. The van der Waals surface area contributed by atoms with Crippen molar-refractivity contribution in [3.05, 3.63) is 17.5 Å². The van der Waals surface area contributed by atoms with Crippen LogP contribution in [0.2, 0.25) is 0 Å². The summed E-state index contributed by atoms with van der Waals surface area (Å²) in [5, 5.41) is 8.31. The van der Waals surface area contributed by atoms with Gasteiger partial charge in [-0.15, -0.1) is 0 Å². The first kappa shape index (κ1) is 16.5. The summed E-state index contributed by atoms with van der Waals surface area (Å²) in [4.78, 5) is 0. The van der Waals surface area contributed by atoms with Gasteiger partial charge in [-0.1, -0.05) is 13.8 Å². The minimum Gasteiger partial charge on any atom is -0.369 e. The highest BCUT2D eigenvalue weighted by molar-refractivity contribution is 5.24. The molecule has 1 aliphatic rings. The van der Waals surface area contributed by atoms with E-state index in [0.29, 0.717) is 12.0 Å². The maximum atomic E-state index is 6.31. The SMILES string of the molecule is CCNC(c1cn(C)nc1CC)C1CC(C)(C)OC1(C)C. The number of nitrogens with zero attached hydrogens (tertiary/aromatic N) is 2. The molecular weight excluding hydrogens is 262 g/mol. The number of hydrogen-bond acceptors (Lipinski definition) is 3. The van der Waals surface area contributed by atoms with Crippen LogP contribution < -0.4 is 5.32 Å². The number of nitrogens with one attached hydrogen (secondary N) is 1. The number of aromatic nitrogens is 2. The molecule has 2 atom stereocenters. The molecule has 2 heterocycles. The molecule has 2 rings (SSSR count). The van der Waals surface area contributed by atoms with Crippen LogP contribution >= 0.6 is 0 Å². The van der Waals surface area contributed by atoms with Gasteiger partial charge in [0.2, 0.25) is 0 Å². The molecule has 120 valence electrons. The molecule has 1 saturated heterocycles. The Morgan fingerprint density at radius 3 is 2.52 bits per heavy atom. The first-order valence-electron chi connectivity index (χ1n) is 8.16. The van der Waals surface area contributed by atoms with Gasteiger partial charge in [0, 0.05) is 30.8 Å². The van der Waals surface area contributed by atoms with Crippen LogP contribution in [0.15, 0.2) is 6.20 Å². The zero-order valence-electron chi connectivity index (χ0n) is 14.7. The summed E-state index contributed by atoms with van der Waals surface area (Å²) in [5.74, 6) is 0.446. The maximum absolute atomic E-state index is 6.31. The van der Waals surface area contributed by atoms with Crippen LogP contribution in [0.25, 0.3) is 0 Å². The Balaban J connectivity index is 2.39. The molecule has 4 nitrogen and oxygen atoms in total. The quantitative estimate of drug-likeness (QED) is 0.906. The molecule has 1 aromatic heterocycles. The van der Waals surface area contributed by atoms with Crippen molar-refractivity contribution < 1.29 is 4.74 Å². The molecule has 1 aliphatic heterocycles. The van der Waals surface area contributed by atoms with Crippen LogP contribution in [-0.2, 0) is 18.2 Å². The molecule has 1 N–H and O–H groups in total. The van der Waals surface area contributed by atoms with Gasteiger partial charge in [0.1, 0.15) is 0 Å². The Labute approximate surface area is 129 Å². The fourth-order valence-corrected chi connectivity index (χ4v) is 3.90. The fourth-order valence-electron chi connectivity index (χ4n) is 3.90. The lowest BCUT2D eigenvalue weighted by atomic mass is 9.78. The average Bonchev–Trinajstić information content (AvgIpc) is 2.82. The lowest BCUT2D eigenvalue weighted by molar-refractivity contribution is -0.0778. The number of ether oxygens (including phenoxy) is 1. The lowest BCUT2D eigenvalue weighted by Crippen LogP contribution is -2.38. The van der Waals surface area contributed by atoms with E-state index in [-0.39, 0.29) is 11.2 Å². The van der Waals surface area contributed by atoms with E-state index in [9.17, 15) is 0 Å². The van der Waals surface area contributed by atoms with Gasteiger partial charge < -0.3 is 10.1 Å². The van der Waals surface area contributed by atoms with E-state index >= 15 is 0 Å². The molecule has 0 bridgehead atoms. The largest absolute Gasteiger partial charge is 0.369 e. The van der Waals surface area contributed by atoms with E-state index in [1.165, 1.54) is 11.3 Å². The lowest BCUT2D eigenvalue weighted by Gasteiger charge is -2.33. The van der Waals surface area contributed by atoms with Crippen molar-refractivity contribution in [2.45, 2.75) is 71.6 Å². The summed E-state index contributed by atoms with van der Waals surface area (Å²) in [5.41, 5.74) is 2.35. The third-order valence-electron chi connectivity index (χ3n) is 4.58. The van der Waals surface area contributed by atoms with Gasteiger partial charge in [-0.05, 0) is 47.1 Å². The third kappa shape index (κ3) is 3.32. The average molecular weight is 293 g/mol. The van der Waals surface area contributed by atoms with E-state index in [1.54, 1.807) is 0 Å². The Morgan fingerprint density at radius 1 is 1.38 bits per heavy atom. The van der Waals surface area contributed by atoms with Crippen molar-refractivity contribution in [2.24, 2.45) is 13.0 Å². The second-order valence-corrected chi connectivity index (χ2v) is 7.37. The zero-order valence-corrected chi connectivity index (χ0v) is 14.7. The number of hydrogen-bond donors (Lipinski definition) is 1. The number of aryl methyl sites for hydroxylation is 2. The van der Waals surface area contributed by atoms with Crippen molar-refractivity contribution in [3.8, 4) is 0 Å². The molecule has 4 heteroatoms. The Bertz CT molecular complexity index is 490. The topological polar surface area (TPSA) is 39.1 Å². The molecule has 0 amide bonds. The molecule has 0 radical (unpaired) electrons. The minimum atomic E-state index is -0.128. The van der Waals surface area contributed by atoms with Crippen LogP contribution in [0.5, 0.6) is 0 Å². The minimum absolute atomic E-state index is 0.0591. The molecule has 0 spiro atoms. The Morgan fingerprint density at radius 2 is 2.05 bits per heavy atom. The van der Waals surface area contributed by atoms with E-state index in [4.69, 9.17) is 4.74 Å². The van der Waals surface area contributed by atoms with Gasteiger partial charge in [0.25, 0.3) is 0 Å². The molecule has 1 fully saturated rings. The van der Waals surface area contributed by atoms with E-state index in [1.807, 2.05) is 11.7 Å². The zero-order chi connectivity index (χ0) is 15.8. The van der Waals surface area contributed by atoms with Crippen LogP contribution in [0.4, 0.5) is 0 Å². The van der Waals surface area contributed by atoms with Gasteiger partial charge >= 0.3 is 0 Å². The highest BCUT2D eigenvalue weighted by Crippen LogP contribution is 2.48. The molecule has 0 aromatic carbocycles.